The maximum Gasteiger partial charge on any atom is 0.317 e. The molecule has 1 saturated heterocycles. The van der Waals surface area contributed by atoms with Gasteiger partial charge in [0.15, 0.2) is 0 Å². The first-order valence-corrected chi connectivity index (χ1v) is 6.39. The predicted molar refractivity (Wildman–Crippen MR) is 66.2 cm³/mol. The van der Waals surface area contributed by atoms with Gasteiger partial charge in [0.2, 0.25) is 0 Å². The van der Waals surface area contributed by atoms with E-state index in [1.807, 2.05) is 0 Å². The van der Waals surface area contributed by atoms with Gasteiger partial charge in [-0.25, -0.2) is 4.79 Å². The standard InChI is InChI=1S/C12H22N2O4/c1-3-9(11(16)17)6-13-12(18)14-5-4-10(7-14)8(2)15/h8-10,15H,3-7H2,1-2H3,(H,13,18)(H,16,17). The van der Waals surface area contributed by atoms with E-state index < -0.39 is 18.0 Å². The summed E-state index contributed by atoms with van der Waals surface area (Å²) in [7, 11) is 0. The molecule has 6 nitrogen and oxygen atoms in total. The molecule has 0 aromatic carbocycles. The first-order chi connectivity index (χ1) is 8.45. The van der Waals surface area contributed by atoms with E-state index >= 15 is 0 Å². The summed E-state index contributed by atoms with van der Waals surface area (Å²) < 4.78 is 0. The molecular weight excluding hydrogens is 236 g/mol. The minimum Gasteiger partial charge on any atom is -0.481 e. The molecule has 1 aliphatic rings. The van der Waals surface area contributed by atoms with E-state index in [9.17, 15) is 14.7 Å². The summed E-state index contributed by atoms with van der Waals surface area (Å²) in [4.78, 5) is 24.2. The number of rotatable bonds is 5. The van der Waals surface area contributed by atoms with Crippen LogP contribution in [0.4, 0.5) is 4.79 Å². The molecular formula is C12H22N2O4. The van der Waals surface area contributed by atoms with Gasteiger partial charge in [-0.1, -0.05) is 6.92 Å². The smallest absolute Gasteiger partial charge is 0.317 e. The topological polar surface area (TPSA) is 89.9 Å². The molecule has 1 heterocycles. The first kappa shape index (κ1) is 14.8. The van der Waals surface area contributed by atoms with E-state index in [4.69, 9.17) is 5.11 Å². The molecule has 0 aliphatic carbocycles. The molecule has 1 rings (SSSR count). The van der Waals surface area contributed by atoms with Gasteiger partial charge in [-0.3, -0.25) is 4.79 Å². The summed E-state index contributed by atoms with van der Waals surface area (Å²) in [5, 5.41) is 21.0. The molecule has 18 heavy (non-hydrogen) atoms. The Morgan fingerprint density at radius 3 is 2.61 bits per heavy atom. The Hall–Kier alpha value is -1.30. The highest BCUT2D eigenvalue weighted by molar-refractivity contribution is 5.76. The number of hydrogen-bond acceptors (Lipinski definition) is 3. The number of carboxylic acids is 1. The normalized spacial score (nSPS) is 22.6. The summed E-state index contributed by atoms with van der Waals surface area (Å²) in [5.74, 6) is -1.30. The number of likely N-dealkylation sites (tertiary alicyclic amines) is 1. The van der Waals surface area contributed by atoms with E-state index in [0.717, 1.165) is 6.42 Å². The number of carboxylic acid groups (broad SMARTS) is 1. The van der Waals surface area contributed by atoms with Crippen molar-refractivity contribution in [1.29, 1.82) is 0 Å². The molecule has 0 spiro atoms. The maximum atomic E-state index is 11.8. The van der Waals surface area contributed by atoms with Crippen LogP contribution in [0.3, 0.4) is 0 Å². The van der Waals surface area contributed by atoms with Crippen LogP contribution in [-0.4, -0.2) is 52.9 Å². The molecule has 104 valence electrons. The highest BCUT2D eigenvalue weighted by atomic mass is 16.4. The van der Waals surface area contributed by atoms with Crippen LogP contribution >= 0.6 is 0 Å². The number of aliphatic carboxylic acids is 1. The van der Waals surface area contributed by atoms with Gasteiger partial charge in [-0.2, -0.15) is 0 Å². The van der Waals surface area contributed by atoms with Crippen molar-refractivity contribution in [3.05, 3.63) is 0 Å². The first-order valence-electron chi connectivity index (χ1n) is 6.39. The average molecular weight is 258 g/mol. The Labute approximate surface area is 107 Å². The van der Waals surface area contributed by atoms with E-state index in [1.54, 1.807) is 18.7 Å². The van der Waals surface area contributed by atoms with E-state index in [2.05, 4.69) is 5.32 Å². The molecule has 2 amide bonds. The van der Waals surface area contributed by atoms with Crippen molar-refractivity contribution >= 4 is 12.0 Å². The van der Waals surface area contributed by atoms with Crippen LogP contribution in [0.25, 0.3) is 0 Å². The van der Waals surface area contributed by atoms with Crippen LogP contribution in [-0.2, 0) is 4.79 Å². The summed E-state index contributed by atoms with van der Waals surface area (Å²) in [5.41, 5.74) is 0. The summed E-state index contributed by atoms with van der Waals surface area (Å²) in [6.07, 6.45) is 0.873. The van der Waals surface area contributed by atoms with Gasteiger partial charge in [0.05, 0.1) is 12.0 Å². The number of amides is 2. The van der Waals surface area contributed by atoms with Crippen molar-refractivity contribution in [3.8, 4) is 0 Å². The third-order valence-corrected chi connectivity index (χ3v) is 3.54. The Balaban J connectivity index is 2.36. The lowest BCUT2D eigenvalue weighted by molar-refractivity contribution is -0.141. The second-order valence-electron chi connectivity index (χ2n) is 4.86. The number of carbonyl (C=O) groups excluding carboxylic acids is 1. The summed E-state index contributed by atoms with van der Waals surface area (Å²) in [6.45, 7) is 4.81. The van der Waals surface area contributed by atoms with Crippen molar-refractivity contribution < 1.29 is 19.8 Å². The van der Waals surface area contributed by atoms with E-state index in [1.165, 1.54) is 0 Å². The molecule has 0 aromatic rings. The van der Waals surface area contributed by atoms with Crippen LogP contribution in [0.1, 0.15) is 26.7 Å². The number of aliphatic hydroxyl groups is 1. The van der Waals surface area contributed by atoms with Gasteiger partial charge in [0, 0.05) is 25.6 Å². The monoisotopic (exact) mass is 258 g/mol. The molecule has 0 aromatic heterocycles. The zero-order chi connectivity index (χ0) is 13.7. The predicted octanol–water partition coefficient (Wildman–Crippen LogP) is 0.509. The quantitative estimate of drug-likeness (QED) is 0.670. The van der Waals surface area contributed by atoms with Crippen molar-refractivity contribution in [2.45, 2.75) is 32.8 Å². The zero-order valence-electron chi connectivity index (χ0n) is 10.9. The summed E-state index contributed by atoms with van der Waals surface area (Å²) >= 11 is 0. The fourth-order valence-corrected chi connectivity index (χ4v) is 2.09. The lowest BCUT2D eigenvalue weighted by Gasteiger charge is -2.19. The van der Waals surface area contributed by atoms with Crippen LogP contribution < -0.4 is 5.32 Å². The molecule has 1 aliphatic heterocycles. The lowest BCUT2D eigenvalue weighted by atomic mass is 10.0. The van der Waals surface area contributed by atoms with Gasteiger partial charge in [0.25, 0.3) is 0 Å². The largest absolute Gasteiger partial charge is 0.481 e. The van der Waals surface area contributed by atoms with Gasteiger partial charge in [-0.15, -0.1) is 0 Å². The highest BCUT2D eigenvalue weighted by Crippen LogP contribution is 2.19. The van der Waals surface area contributed by atoms with E-state index in [-0.39, 0.29) is 18.5 Å². The third kappa shape index (κ3) is 3.87. The molecule has 6 heteroatoms. The van der Waals surface area contributed by atoms with Crippen molar-refractivity contribution in [3.63, 3.8) is 0 Å². The van der Waals surface area contributed by atoms with Crippen LogP contribution in [0.15, 0.2) is 0 Å². The number of carbonyl (C=O) groups is 2. The third-order valence-electron chi connectivity index (χ3n) is 3.54. The van der Waals surface area contributed by atoms with Crippen molar-refractivity contribution in [1.82, 2.24) is 10.2 Å². The molecule has 0 bridgehead atoms. The second-order valence-corrected chi connectivity index (χ2v) is 4.86. The SMILES string of the molecule is CCC(CNC(=O)N1CCC(C(C)O)C1)C(=O)O. The second kappa shape index (κ2) is 6.58. The van der Waals surface area contributed by atoms with Crippen LogP contribution in [0, 0.1) is 11.8 Å². The van der Waals surface area contributed by atoms with Crippen molar-refractivity contribution in [2.75, 3.05) is 19.6 Å². The van der Waals surface area contributed by atoms with Gasteiger partial charge in [-0.05, 0) is 19.8 Å². The number of nitrogens with one attached hydrogen (secondary N) is 1. The zero-order valence-corrected chi connectivity index (χ0v) is 10.9. The van der Waals surface area contributed by atoms with Gasteiger partial charge in [0.1, 0.15) is 0 Å². The number of nitrogens with zero attached hydrogens (tertiary/aromatic N) is 1. The van der Waals surface area contributed by atoms with Crippen molar-refractivity contribution in [2.24, 2.45) is 11.8 Å². The average Bonchev–Trinajstić information content (AvgIpc) is 2.78. The van der Waals surface area contributed by atoms with Gasteiger partial charge >= 0.3 is 12.0 Å². The molecule has 3 atom stereocenters. The fraction of sp³-hybridized carbons (Fsp3) is 0.833. The lowest BCUT2D eigenvalue weighted by Crippen LogP contribution is -2.42. The molecule has 0 saturated carbocycles. The molecule has 3 N–H and O–H groups in total. The Morgan fingerprint density at radius 2 is 2.17 bits per heavy atom. The number of urea groups is 1. The van der Waals surface area contributed by atoms with Gasteiger partial charge < -0.3 is 20.4 Å². The maximum absolute atomic E-state index is 11.8. The minimum atomic E-state index is -0.888. The highest BCUT2D eigenvalue weighted by Gasteiger charge is 2.29. The Kier molecular flexibility index (Phi) is 5.40. The van der Waals surface area contributed by atoms with Crippen LogP contribution in [0.2, 0.25) is 0 Å². The molecule has 0 radical (unpaired) electrons. The van der Waals surface area contributed by atoms with Crippen LogP contribution in [0.5, 0.6) is 0 Å². The Bertz CT molecular complexity index is 306. The molecule has 3 unspecified atom stereocenters. The number of hydrogen-bond donors (Lipinski definition) is 3. The summed E-state index contributed by atoms with van der Waals surface area (Å²) in [6, 6.07) is -0.238. The molecule has 1 fully saturated rings. The Morgan fingerprint density at radius 1 is 1.50 bits per heavy atom. The number of aliphatic hydroxyl groups excluding tert-OH is 1. The van der Waals surface area contributed by atoms with E-state index in [0.29, 0.717) is 19.5 Å². The minimum absolute atomic E-state index is 0.122. The fourth-order valence-electron chi connectivity index (χ4n) is 2.09.